The van der Waals surface area contributed by atoms with E-state index >= 15 is 0 Å². The van der Waals surface area contributed by atoms with Crippen molar-refractivity contribution in [2.75, 3.05) is 7.05 Å². The summed E-state index contributed by atoms with van der Waals surface area (Å²) in [6.45, 7) is 7.70. The van der Waals surface area contributed by atoms with Gasteiger partial charge >= 0.3 is 0 Å². The van der Waals surface area contributed by atoms with Gasteiger partial charge in [-0.1, -0.05) is 12.1 Å². The molecule has 4 heteroatoms. The molecule has 106 valence electrons. The number of amides is 1. The summed E-state index contributed by atoms with van der Waals surface area (Å²) in [6, 6.07) is 8.21. The highest BCUT2D eigenvalue weighted by Gasteiger charge is 2.15. The second-order valence-electron chi connectivity index (χ2n) is 5.00. The first-order chi connectivity index (χ1) is 8.93. The van der Waals surface area contributed by atoms with E-state index in [-0.39, 0.29) is 11.9 Å². The van der Waals surface area contributed by atoms with Gasteiger partial charge in [-0.15, -0.1) is 0 Å². The molecule has 0 spiro atoms. The fourth-order valence-corrected chi connectivity index (χ4v) is 1.66. The van der Waals surface area contributed by atoms with Crippen LogP contribution < -0.4 is 15.4 Å². The molecule has 0 saturated carbocycles. The molecular weight excluding hydrogens is 240 g/mol. The summed E-state index contributed by atoms with van der Waals surface area (Å²) in [6.07, 6.45) is -0.491. The van der Waals surface area contributed by atoms with Gasteiger partial charge in [0.1, 0.15) is 5.75 Å². The van der Waals surface area contributed by atoms with Gasteiger partial charge in [0.15, 0.2) is 6.10 Å². The fraction of sp³-hybridized carbons (Fsp3) is 0.533. The van der Waals surface area contributed by atoms with E-state index in [2.05, 4.69) is 17.6 Å². The van der Waals surface area contributed by atoms with Gasteiger partial charge in [-0.3, -0.25) is 4.79 Å². The van der Waals surface area contributed by atoms with Crippen molar-refractivity contribution in [1.29, 1.82) is 0 Å². The molecule has 0 aliphatic carbocycles. The highest BCUT2D eigenvalue weighted by atomic mass is 16.5. The maximum absolute atomic E-state index is 11.7. The first-order valence-corrected chi connectivity index (χ1v) is 6.68. The second kappa shape index (κ2) is 7.14. The minimum atomic E-state index is -0.491. The summed E-state index contributed by atoms with van der Waals surface area (Å²) in [4.78, 5) is 11.7. The summed E-state index contributed by atoms with van der Waals surface area (Å²) in [5, 5.41) is 6.00. The lowest BCUT2D eigenvalue weighted by Gasteiger charge is -2.17. The van der Waals surface area contributed by atoms with E-state index in [1.165, 1.54) is 5.56 Å². The molecule has 4 nitrogen and oxygen atoms in total. The van der Waals surface area contributed by atoms with Crippen LogP contribution in [0.1, 0.15) is 39.3 Å². The van der Waals surface area contributed by atoms with Crippen molar-refractivity contribution in [2.24, 2.45) is 0 Å². The molecule has 0 fully saturated rings. The summed E-state index contributed by atoms with van der Waals surface area (Å²) in [7, 11) is 1.92. The van der Waals surface area contributed by atoms with E-state index in [1.54, 1.807) is 6.92 Å². The van der Waals surface area contributed by atoms with Gasteiger partial charge in [0.2, 0.25) is 0 Å². The third-order valence-corrected chi connectivity index (χ3v) is 2.93. The molecule has 0 aromatic heterocycles. The van der Waals surface area contributed by atoms with Gasteiger partial charge in [-0.05, 0) is 52.4 Å². The number of hydrogen-bond donors (Lipinski definition) is 2. The minimum absolute atomic E-state index is 0.0948. The van der Waals surface area contributed by atoms with Gasteiger partial charge in [-0.2, -0.15) is 0 Å². The van der Waals surface area contributed by atoms with Crippen LogP contribution in [-0.2, 0) is 4.79 Å². The van der Waals surface area contributed by atoms with Crippen molar-refractivity contribution >= 4 is 5.91 Å². The van der Waals surface area contributed by atoms with Crippen LogP contribution in [0, 0.1) is 0 Å². The highest BCUT2D eigenvalue weighted by Crippen LogP contribution is 2.18. The molecule has 2 N–H and O–H groups in total. The number of carbonyl (C=O) groups excluding carboxylic acids is 1. The molecule has 0 aliphatic heterocycles. The lowest BCUT2D eigenvalue weighted by molar-refractivity contribution is -0.127. The molecule has 0 heterocycles. The number of benzene rings is 1. The second-order valence-corrected chi connectivity index (χ2v) is 5.00. The van der Waals surface area contributed by atoms with Crippen LogP contribution in [0.2, 0.25) is 0 Å². The van der Waals surface area contributed by atoms with E-state index in [1.807, 2.05) is 45.2 Å². The van der Waals surface area contributed by atoms with Gasteiger partial charge in [0.25, 0.3) is 5.91 Å². The van der Waals surface area contributed by atoms with Crippen molar-refractivity contribution in [3.8, 4) is 5.75 Å². The van der Waals surface area contributed by atoms with Crippen molar-refractivity contribution < 1.29 is 9.53 Å². The van der Waals surface area contributed by atoms with Crippen LogP contribution >= 0.6 is 0 Å². The molecule has 1 aromatic carbocycles. The third kappa shape index (κ3) is 4.91. The number of rotatable bonds is 6. The Morgan fingerprint density at radius 2 is 1.68 bits per heavy atom. The Morgan fingerprint density at radius 3 is 2.16 bits per heavy atom. The summed E-state index contributed by atoms with van der Waals surface area (Å²) in [5.74, 6) is 0.612. The zero-order valence-electron chi connectivity index (χ0n) is 12.4. The van der Waals surface area contributed by atoms with Crippen LogP contribution in [0.4, 0.5) is 0 Å². The Bertz CT molecular complexity index is 401. The zero-order valence-corrected chi connectivity index (χ0v) is 12.4. The molecular formula is C15H24N2O2. The number of ether oxygens (including phenoxy) is 1. The first kappa shape index (κ1) is 15.5. The average Bonchev–Trinajstić information content (AvgIpc) is 2.37. The Balaban J connectivity index is 2.60. The Hall–Kier alpha value is -1.55. The number of carbonyl (C=O) groups is 1. The normalized spacial score (nSPS) is 14.0. The topological polar surface area (TPSA) is 50.4 Å². The predicted octanol–water partition coefficient (Wildman–Crippen LogP) is 2.26. The third-order valence-electron chi connectivity index (χ3n) is 2.93. The Morgan fingerprint density at radius 1 is 1.11 bits per heavy atom. The summed E-state index contributed by atoms with van der Waals surface area (Å²) < 4.78 is 5.61. The van der Waals surface area contributed by atoms with E-state index in [9.17, 15) is 4.79 Å². The molecule has 0 saturated heterocycles. The molecule has 1 amide bonds. The molecule has 19 heavy (non-hydrogen) atoms. The Labute approximate surface area is 115 Å². The summed E-state index contributed by atoms with van der Waals surface area (Å²) in [5.41, 5.74) is 1.19. The summed E-state index contributed by atoms with van der Waals surface area (Å²) >= 11 is 0. The quantitative estimate of drug-likeness (QED) is 0.828. The first-order valence-electron chi connectivity index (χ1n) is 6.68. The van der Waals surface area contributed by atoms with Crippen LogP contribution in [0.3, 0.4) is 0 Å². The molecule has 2 atom stereocenters. The predicted molar refractivity (Wildman–Crippen MR) is 77.3 cm³/mol. The van der Waals surface area contributed by atoms with E-state index in [0.29, 0.717) is 11.8 Å². The minimum Gasteiger partial charge on any atom is -0.481 e. The maximum atomic E-state index is 11.7. The SMILES string of the molecule is CNC(C)c1ccc(OC(C)C(=O)NC(C)C)cc1. The zero-order chi connectivity index (χ0) is 14.4. The molecule has 0 radical (unpaired) electrons. The van der Waals surface area contributed by atoms with Crippen LogP contribution in [-0.4, -0.2) is 25.1 Å². The lowest BCUT2D eigenvalue weighted by Crippen LogP contribution is -2.40. The lowest BCUT2D eigenvalue weighted by atomic mass is 10.1. The maximum Gasteiger partial charge on any atom is 0.260 e. The van der Waals surface area contributed by atoms with E-state index in [0.717, 1.165) is 0 Å². The highest BCUT2D eigenvalue weighted by molar-refractivity contribution is 5.80. The molecule has 0 aliphatic rings. The molecule has 2 unspecified atom stereocenters. The Kier molecular flexibility index (Phi) is 5.83. The molecule has 1 aromatic rings. The van der Waals surface area contributed by atoms with Crippen molar-refractivity contribution in [2.45, 2.75) is 45.9 Å². The fourth-order valence-electron chi connectivity index (χ4n) is 1.66. The largest absolute Gasteiger partial charge is 0.481 e. The smallest absolute Gasteiger partial charge is 0.260 e. The van der Waals surface area contributed by atoms with Gasteiger partial charge in [0.05, 0.1) is 0 Å². The monoisotopic (exact) mass is 264 g/mol. The van der Waals surface area contributed by atoms with Crippen LogP contribution in [0.15, 0.2) is 24.3 Å². The van der Waals surface area contributed by atoms with Gasteiger partial charge < -0.3 is 15.4 Å². The van der Waals surface area contributed by atoms with Gasteiger partial charge in [-0.25, -0.2) is 0 Å². The molecule has 0 bridgehead atoms. The van der Waals surface area contributed by atoms with E-state index in [4.69, 9.17) is 4.74 Å². The van der Waals surface area contributed by atoms with Crippen LogP contribution in [0.5, 0.6) is 5.75 Å². The molecule has 1 rings (SSSR count). The van der Waals surface area contributed by atoms with Gasteiger partial charge in [0, 0.05) is 12.1 Å². The average molecular weight is 264 g/mol. The van der Waals surface area contributed by atoms with Crippen molar-refractivity contribution in [1.82, 2.24) is 10.6 Å². The standard InChI is InChI=1S/C15H24N2O2/c1-10(2)17-15(18)12(4)19-14-8-6-13(7-9-14)11(3)16-5/h6-12,16H,1-5H3,(H,17,18). The van der Waals surface area contributed by atoms with Crippen LogP contribution in [0.25, 0.3) is 0 Å². The van der Waals surface area contributed by atoms with E-state index < -0.39 is 6.10 Å². The number of hydrogen-bond acceptors (Lipinski definition) is 3. The number of nitrogens with one attached hydrogen (secondary N) is 2. The van der Waals surface area contributed by atoms with Crippen molar-refractivity contribution in [3.63, 3.8) is 0 Å². The van der Waals surface area contributed by atoms with Crippen molar-refractivity contribution in [3.05, 3.63) is 29.8 Å².